The van der Waals surface area contributed by atoms with E-state index in [1.807, 2.05) is 48.5 Å². The number of benzene rings is 5. The van der Waals surface area contributed by atoms with Gasteiger partial charge in [-0.1, -0.05) is 109 Å². The fourth-order valence-corrected chi connectivity index (χ4v) is 7.12. The first kappa shape index (κ1) is 29.0. The predicted molar refractivity (Wildman–Crippen MR) is 207 cm³/mol. The van der Waals surface area contributed by atoms with Crippen LogP contribution in [0.25, 0.3) is 99.9 Å². The lowest BCUT2D eigenvalue weighted by Crippen LogP contribution is -1.94. The summed E-state index contributed by atoms with van der Waals surface area (Å²) in [5.74, 6) is 0. The topological polar surface area (TPSA) is 64.7 Å². The van der Waals surface area contributed by atoms with Crippen LogP contribution in [-0.4, -0.2) is 19.9 Å². The smallest absolute Gasteiger partial charge is 0.162 e. The second kappa shape index (κ2) is 11.9. The van der Waals surface area contributed by atoms with Crippen molar-refractivity contribution in [3.05, 3.63) is 170 Å². The van der Waals surface area contributed by atoms with Crippen molar-refractivity contribution in [1.29, 1.82) is 0 Å². The van der Waals surface area contributed by atoms with Gasteiger partial charge in [-0.2, -0.15) is 0 Å². The van der Waals surface area contributed by atoms with E-state index >= 15 is 0 Å². The molecule has 0 N–H and O–H groups in total. The number of nitrogens with zero attached hydrogens (tertiary/aromatic N) is 4. The van der Waals surface area contributed by atoms with Crippen LogP contribution >= 0.6 is 0 Å². The molecular formula is C46H28N4O. The molecule has 5 heterocycles. The average Bonchev–Trinajstić information content (AvgIpc) is 3.61. The summed E-state index contributed by atoms with van der Waals surface area (Å²) in [6, 6.07) is 54.3. The molecule has 5 nitrogen and oxygen atoms in total. The van der Waals surface area contributed by atoms with Gasteiger partial charge in [0.25, 0.3) is 0 Å². The van der Waals surface area contributed by atoms with Gasteiger partial charge in [0.15, 0.2) is 5.58 Å². The summed E-state index contributed by atoms with van der Waals surface area (Å²) < 4.78 is 6.56. The highest BCUT2D eigenvalue weighted by Gasteiger charge is 2.19. The number of pyridine rings is 4. The van der Waals surface area contributed by atoms with Crippen molar-refractivity contribution in [3.8, 4) is 56.3 Å². The van der Waals surface area contributed by atoms with Crippen molar-refractivity contribution in [2.24, 2.45) is 0 Å². The average molecular weight is 653 g/mol. The van der Waals surface area contributed by atoms with Crippen LogP contribution in [0.5, 0.6) is 0 Å². The highest BCUT2D eigenvalue weighted by Crippen LogP contribution is 2.42. The molecule has 0 aliphatic carbocycles. The van der Waals surface area contributed by atoms with Crippen LogP contribution in [0.1, 0.15) is 0 Å². The Morgan fingerprint density at radius 3 is 1.76 bits per heavy atom. The summed E-state index contributed by atoms with van der Waals surface area (Å²) in [5, 5.41) is 5.56. The van der Waals surface area contributed by atoms with Crippen molar-refractivity contribution < 1.29 is 4.42 Å². The quantitative estimate of drug-likeness (QED) is 0.185. The summed E-state index contributed by atoms with van der Waals surface area (Å²) in [6.07, 6.45) is 3.59. The van der Waals surface area contributed by atoms with E-state index in [9.17, 15) is 0 Å². The Balaban J connectivity index is 1.10. The number of hydrogen-bond acceptors (Lipinski definition) is 5. The summed E-state index contributed by atoms with van der Waals surface area (Å²) in [7, 11) is 0. The van der Waals surface area contributed by atoms with E-state index in [2.05, 4.69) is 119 Å². The van der Waals surface area contributed by atoms with E-state index in [0.717, 1.165) is 94.5 Å². The zero-order valence-corrected chi connectivity index (χ0v) is 27.4. The van der Waals surface area contributed by atoms with Gasteiger partial charge in [0, 0.05) is 34.1 Å². The highest BCUT2D eigenvalue weighted by atomic mass is 16.3. The zero-order chi connectivity index (χ0) is 33.7. The number of hydrogen-bond donors (Lipinski definition) is 0. The van der Waals surface area contributed by atoms with Crippen LogP contribution in [0.3, 0.4) is 0 Å². The Bertz CT molecular complexity index is 2840. The predicted octanol–water partition coefficient (Wildman–Crippen LogP) is 11.8. The van der Waals surface area contributed by atoms with E-state index in [-0.39, 0.29) is 0 Å². The molecule has 5 aromatic carbocycles. The first-order valence-corrected chi connectivity index (χ1v) is 17.0. The fourth-order valence-electron chi connectivity index (χ4n) is 7.12. The first-order valence-electron chi connectivity index (χ1n) is 17.0. The minimum absolute atomic E-state index is 0.804. The number of fused-ring (bicyclic) bond motifs is 6. The number of aromatic nitrogens is 4. The standard InChI is InChI=1S/C46H28N4O/c1-2-12-34-31(10-1)11-9-14-35(34)45-46-44(37-13-3-4-17-43(37)51-46)36-23-22-32(26-40(36)50-45)29-18-20-30(21-19-29)33-27-41(38-15-5-7-24-47-38)49-42(28-33)39-16-6-8-25-48-39/h1-28H. The molecule has 0 spiro atoms. The van der Waals surface area contributed by atoms with Gasteiger partial charge in [0.1, 0.15) is 11.3 Å². The molecule has 0 amide bonds. The second-order valence-electron chi connectivity index (χ2n) is 12.7. The summed E-state index contributed by atoms with van der Waals surface area (Å²) in [6.45, 7) is 0. The van der Waals surface area contributed by atoms with Crippen molar-refractivity contribution >= 4 is 43.6 Å². The van der Waals surface area contributed by atoms with E-state index < -0.39 is 0 Å². The summed E-state index contributed by atoms with van der Waals surface area (Å²) in [5.41, 5.74) is 12.1. The highest BCUT2D eigenvalue weighted by molar-refractivity contribution is 6.22. The fraction of sp³-hybridized carbons (Fsp3) is 0. The van der Waals surface area contributed by atoms with Gasteiger partial charge in [0.05, 0.1) is 28.3 Å². The van der Waals surface area contributed by atoms with Gasteiger partial charge in [0.2, 0.25) is 0 Å². The third-order valence-electron chi connectivity index (χ3n) is 9.59. The van der Waals surface area contributed by atoms with Gasteiger partial charge in [-0.05, 0) is 81.6 Å². The lowest BCUT2D eigenvalue weighted by molar-refractivity contribution is 0.669. The molecule has 0 aliphatic rings. The van der Waals surface area contributed by atoms with E-state index in [1.165, 1.54) is 5.39 Å². The minimum Gasteiger partial charge on any atom is -0.454 e. The molecule has 0 unspecified atom stereocenters. The molecular weight excluding hydrogens is 625 g/mol. The normalized spacial score (nSPS) is 11.5. The Kier molecular flexibility index (Phi) is 6.74. The molecule has 5 heteroatoms. The Morgan fingerprint density at radius 2 is 1.04 bits per heavy atom. The monoisotopic (exact) mass is 652 g/mol. The maximum Gasteiger partial charge on any atom is 0.162 e. The third kappa shape index (κ3) is 5.03. The molecule has 5 aromatic heterocycles. The van der Waals surface area contributed by atoms with Crippen LogP contribution in [0.2, 0.25) is 0 Å². The van der Waals surface area contributed by atoms with Gasteiger partial charge < -0.3 is 4.42 Å². The van der Waals surface area contributed by atoms with Crippen LogP contribution in [-0.2, 0) is 0 Å². The van der Waals surface area contributed by atoms with E-state index in [1.54, 1.807) is 12.4 Å². The van der Waals surface area contributed by atoms with Crippen molar-refractivity contribution in [3.63, 3.8) is 0 Å². The van der Waals surface area contributed by atoms with Crippen LogP contribution < -0.4 is 0 Å². The third-order valence-corrected chi connectivity index (χ3v) is 9.59. The summed E-state index contributed by atoms with van der Waals surface area (Å²) in [4.78, 5) is 19.4. The largest absolute Gasteiger partial charge is 0.454 e. The molecule has 0 aliphatic heterocycles. The number of para-hydroxylation sites is 1. The minimum atomic E-state index is 0.804. The van der Waals surface area contributed by atoms with Crippen molar-refractivity contribution in [1.82, 2.24) is 19.9 Å². The first-order chi connectivity index (χ1) is 25.3. The van der Waals surface area contributed by atoms with Crippen molar-refractivity contribution in [2.75, 3.05) is 0 Å². The van der Waals surface area contributed by atoms with E-state index in [0.29, 0.717) is 0 Å². The molecule has 0 fully saturated rings. The van der Waals surface area contributed by atoms with Gasteiger partial charge >= 0.3 is 0 Å². The van der Waals surface area contributed by atoms with Gasteiger partial charge in [-0.25, -0.2) is 9.97 Å². The molecule has 51 heavy (non-hydrogen) atoms. The molecule has 0 atom stereocenters. The maximum atomic E-state index is 6.56. The van der Waals surface area contributed by atoms with E-state index in [4.69, 9.17) is 14.4 Å². The second-order valence-corrected chi connectivity index (χ2v) is 12.7. The molecule has 0 bridgehead atoms. The lowest BCUT2D eigenvalue weighted by atomic mass is 9.96. The molecule has 0 saturated carbocycles. The summed E-state index contributed by atoms with van der Waals surface area (Å²) >= 11 is 0. The molecule has 10 aromatic rings. The SMILES string of the molecule is c1ccc(-c2cc(-c3ccc(-c4ccc5c(c4)nc(-c4cccc6ccccc46)c4oc6ccccc6c45)cc3)cc(-c3ccccn3)n2)nc1. The lowest BCUT2D eigenvalue weighted by Gasteiger charge is -2.11. The Labute approximate surface area is 293 Å². The van der Waals surface area contributed by atoms with Crippen LogP contribution in [0.15, 0.2) is 175 Å². The molecule has 0 saturated heterocycles. The zero-order valence-electron chi connectivity index (χ0n) is 27.4. The molecule has 0 radical (unpaired) electrons. The molecule has 10 rings (SSSR count). The maximum absolute atomic E-state index is 6.56. The molecule has 238 valence electrons. The van der Waals surface area contributed by atoms with Crippen LogP contribution in [0.4, 0.5) is 0 Å². The Hall–Kier alpha value is -6.98. The van der Waals surface area contributed by atoms with Gasteiger partial charge in [-0.3, -0.25) is 9.97 Å². The van der Waals surface area contributed by atoms with Crippen molar-refractivity contribution in [2.45, 2.75) is 0 Å². The Morgan fingerprint density at radius 1 is 0.412 bits per heavy atom. The van der Waals surface area contributed by atoms with Crippen LogP contribution in [0, 0.1) is 0 Å². The number of furan rings is 1. The van der Waals surface area contributed by atoms with Gasteiger partial charge in [-0.15, -0.1) is 0 Å². The number of rotatable bonds is 5.